The van der Waals surface area contributed by atoms with Crippen LogP contribution >= 0.6 is 80.4 Å². The number of hydrogen-bond acceptors (Lipinski definition) is 1. The van der Waals surface area contributed by atoms with Gasteiger partial charge in [-0.2, -0.15) is 12.6 Å². The zero-order valence-corrected chi connectivity index (χ0v) is 10.9. The van der Waals surface area contributed by atoms with Crippen molar-refractivity contribution in [2.45, 2.75) is 5.86 Å². The standard InChI is InChI=1S/C3H5I3S/c4-3(5,6)1-2-7/h7H,1-2H2. The van der Waals surface area contributed by atoms with Gasteiger partial charge in [0.05, 0.1) is 0 Å². The molecule has 0 amide bonds. The van der Waals surface area contributed by atoms with E-state index in [9.17, 15) is 0 Å². The van der Waals surface area contributed by atoms with Crippen LogP contribution in [0, 0.1) is 0 Å². The summed E-state index contributed by atoms with van der Waals surface area (Å²) in [5.41, 5.74) is 0. The summed E-state index contributed by atoms with van der Waals surface area (Å²) < 4.78 is 0.384. The maximum absolute atomic E-state index is 4.10. The van der Waals surface area contributed by atoms with E-state index in [1.807, 2.05) is 0 Å². The van der Waals surface area contributed by atoms with E-state index in [-0.39, 0.29) is 0 Å². The fraction of sp³-hybridized carbons (Fsp3) is 1.00. The van der Waals surface area contributed by atoms with Crippen LogP contribution in [0.5, 0.6) is 0 Å². The summed E-state index contributed by atoms with van der Waals surface area (Å²) >= 11 is 11.3. The third kappa shape index (κ3) is 8.54. The van der Waals surface area contributed by atoms with E-state index in [1.54, 1.807) is 0 Å². The molecule has 0 heterocycles. The summed E-state index contributed by atoms with van der Waals surface area (Å²) in [5, 5.41) is 0. The highest BCUT2D eigenvalue weighted by atomic mass is 127. The third-order valence-electron chi connectivity index (χ3n) is 0.395. The number of halogens is 3. The lowest BCUT2D eigenvalue weighted by atomic mass is 10.6. The average Bonchev–Trinajstić information content (AvgIpc) is 1.30. The van der Waals surface area contributed by atoms with Gasteiger partial charge in [-0.15, -0.1) is 0 Å². The normalized spacial score (nSPS) is 12.0. The number of rotatable bonds is 2. The van der Waals surface area contributed by atoms with Gasteiger partial charge in [0, 0.05) is 0 Å². The predicted molar refractivity (Wildman–Crippen MR) is 63.3 cm³/mol. The Bertz CT molecular complexity index is 48.6. The van der Waals surface area contributed by atoms with Crippen LogP contribution in [0.2, 0.25) is 0 Å². The first-order valence-electron chi connectivity index (χ1n) is 1.74. The molecule has 0 saturated carbocycles. The first kappa shape index (κ1) is 9.54. The second-order valence-electron chi connectivity index (χ2n) is 1.09. The molecule has 0 atom stereocenters. The molecule has 0 aliphatic carbocycles. The smallest absolute Gasteiger partial charge is 0.125 e. The van der Waals surface area contributed by atoms with Crippen molar-refractivity contribution in [3.05, 3.63) is 0 Å². The van der Waals surface area contributed by atoms with E-state index < -0.39 is 0 Å². The van der Waals surface area contributed by atoms with Crippen LogP contribution in [0.25, 0.3) is 0 Å². The average molecular weight is 454 g/mol. The number of hydrogen-bond donors (Lipinski definition) is 1. The lowest BCUT2D eigenvalue weighted by Crippen LogP contribution is -1.97. The maximum Gasteiger partial charge on any atom is 0.125 e. The van der Waals surface area contributed by atoms with Gasteiger partial charge >= 0.3 is 0 Å². The Labute approximate surface area is 90.4 Å². The van der Waals surface area contributed by atoms with Gasteiger partial charge in [-0.1, -0.05) is 67.8 Å². The Morgan fingerprint density at radius 2 is 1.71 bits per heavy atom. The van der Waals surface area contributed by atoms with E-state index in [0.717, 1.165) is 12.2 Å². The van der Waals surface area contributed by atoms with Crippen LogP contribution in [-0.2, 0) is 0 Å². The van der Waals surface area contributed by atoms with E-state index in [0.29, 0.717) is -0.565 Å². The molecule has 0 radical (unpaired) electrons. The van der Waals surface area contributed by atoms with Crippen molar-refractivity contribution in [1.82, 2.24) is 0 Å². The molecule has 0 saturated heterocycles. The summed E-state index contributed by atoms with van der Waals surface area (Å²) in [4.78, 5) is 0. The first-order valence-corrected chi connectivity index (χ1v) is 5.61. The van der Waals surface area contributed by atoms with Crippen molar-refractivity contribution in [1.29, 1.82) is 0 Å². The molecular weight excluding hydrogens is 449 g/mol. The topological polar surface area (TPSA) is 0 Å². The third-order valence-corrected chi connectivity index (χ3v) is 2.24. The molecule has 0 nitrogen and oxygen atoms in total. The summed E-state index contributed by atoms with van der Waals surface area (Å²) in [6.07, 6.45) is 1.16. The van der Waals surface area contributed by atoms with Gasteiger partial charge in [0.15, 0.2) is 0 Å². The van der Waals surface area contributed by atoms with Crippen molar-refractivity contribution >= 4 is 80.4 Å². The monoisotopic (exact) mass is 454 g/mol. The first-order chi connectivity index (χ1) is 3.06. The zero-order valence-electron chi connectivity index (χ0n) is 3.50. The molecule has 0 aliphatic rings. The highest BCUT2D eigenvalue weighted by Gasteiger charge is 2.14. The van der Waals surface area contributed by atoms with Gasteiger partial charge in [0.25, 0.3) is 0 Å². The van der Waals surface area contributed by atoms with Crippen LogP contribution in [-0.4, -0.2) is 5.19 Å². The molecule has 0 spiro atoms. The molecular formula is C3H5I3S. The van der Waals surface area contributed by atoms with Crippen molar-refractivity contribution in [2.75, 3.05) is 5.75 Å². The van der Waals surface area contributed by atoms with Crippen LogP contribution < -0.4 is 0 Å². The predicted octanol–water partition coefficient (Wildman–Crippen LogP) is 3.27. The molecule has 0 aromatic carbocycles. The van der Waals surface area contributed by atoms with E-state index >= 15 is 0 Å². The highest BCUT2D eigenvalue weighted by Crippen LogP contribution is 2.38. The van der Waals surface area contributed by atoms with Crippen molar-refractivity contribution < 1.29 is 0 Å². The molecule has 0 aromatic rings. The number of alkyl halides is 3. The van der Waals surface area contributed by atoms with Gasteiger partial charge in [0.1, 0.15) is -0.565 Å². The molecule has 0 rings (SSSR count). The number of thiol groups is 1. The van der Waals surface area contributed by atoms with Crippen LogP contribution in [0.1, 0.15) is 6.42 Å². The minimum Gasteiger partial charge on any atom is -0.179 e. The van der Waals surface area contributed by atoms with E-state index in [4.69, 9.17) is 0 Å². The van der Waals surface area contributed by atoms with Gasteiger partial charge in [-0.3, -0.25) is 0 Å². The molecule has 0 N–H and O–H groups in total. The Morgan fingerprint density at radius 3 is 1.71 bits per heavy atom. The molecule has 44 valence electrons. The SMILES string of the molecule is SCCC(I)(I)I. The molecule has 0 bridgehead atoms. The fourth-order valence-electron chi connectivity index (χ4n) is 0.127. The minimum atomic E-state index is 0.384. The second-order valence-corrected chi connectivity index (χ2v) is 13.3. The summed E-state index contributed by atoms with van der Waals surface area (Å²) in [5.74, 6) is 0.981. The van der Waals surface area contributed by atoms with Crippen LogP contribution in [0.15, 0.2) is 0 Å². The van der Waals surface area contributed by atoms with Crippen molar-refractivity contribution in [3.8, 4) is 0 Å². The fourth-order valence-corrected chi connectivity index (χ4v) is 2.55. The quantitative estimate of drug-likeness (QED) is 0.370. The molecule has 0 aromatic heterocycles. The molecule has 7 heavy (non-hydrogen) atoms. The minimum absolute atomic E-state index is 0.384. The lowest BCUT2D eigenvalue weighted by Gasteiger charge is -2.07. The summed E-state index contributed by atoms with van der Waals surface area (Å²) in [6, 6.07) is 0. The van der Waals surface area contributed by atoms with E-state index in [1.165, 1.54) is 0 Å². The van der Waals surface area contributed by atoms with Crippen molar-refractivity contribution in [2.24, 2.45) is 0 Å². The van der Waals surface area contributed by atoms with Crippen LogP contribution in [0.4, 0.5) is 0 Å². The Kier molecular flexibility index (Phi) is 5.96. The summed E-state index contributed by atoms with van der Waals surface area (Å²) in [7, 11) is 0. The van der Waals surface area contributed by atoms with Gasteiger partial charge in [-0.25, -0.2) is 0 Å². The van der Waals surface area contributed by atoms with Crippen molar-refractivity contribution in [3.63, 3.8) is 0 Å². The maximum atomic E-state index is 4.10. The lowest BCUT2D eigenvalue weighted by molar-refractivity contribution is 1.11. The van der Waals surface area contributed by atoms with Gasteiger partial charge < -0.3 is 0 Å². The van der Waals surface area contributed by atoms with Gasteiger partial charge in [-0.05, 0) is 12.2 Å². The summed E-state index contributed by atoms with van der Waals surface area (Å²) in [6.45, 7) is 0. The van der Waals surface area contributed by atoms with Gasteiger partial charge in [0.2, 0.25) is 0 Å². The zero-order chi connectivity index (χ0) is 5.91. The largest absolute Gasteiger partial charge is 0.179 e. The van der Waals surface area contributed by atoms with E-state index in [2.05, 4.69) is 80.4 Å². The molecule has 0 unspecified atom stereocenters. The highest BCUT2D eigenvalue weighted by molar-refractivity contribution is 14.3. The second kappa shape index (κ2) is 4.37. The molecule has 0 fully saturated rings. The Hall–Kier alpha value is 2.54. The van der Waals surface area contributed by atoms with Crippen LogP contribution in [0.3, 0.4) is 0 Å². The Balaban J connectivity index is 3.15. The molecule has 0 aliphatic heterocycles. The molecule has 4 heteroatoms. The Morgan fingerprint density at radius 1 is 1.29 bits per heavy atom.